The number of pyridine rings is 1. The maximum Gasteiger partial charge on any atom is 0.254 e. The van der Waals surface area contributed by atoms with Gasteiger partial charge in [0.05, 0.1) is 22.8 Å². The fourth-order valence-electron chi connectivity index (χ4n) is 4.95. The van der Waals surface area contributed by atoms with E-state index in [-0.39, 0.29) is 34.5 Å². The Labute approximate surface area is 231 Å². The molecule has 2 aliphatic heterocycles. The number of hydrogen-bond donors (Lipinski definition) is 1. The number of nitrogens with zero attached hydrogens (tertiary/aromatic N) is 4. The first kappa shape index (κ1) is 27.2. The summed E-state index contributed by atoms with van der Waals surface area (Å²) in [5.41, 5.74) is 2.17. The molecule has 10 nitrogen and oxygen atoms in total. The number of sulfone groups is 1. The Morgan fingerprint density at radius 3 is 2.49 bits per heavy atom. The molecule has 12 heteroatoms. The molecule has 2 aromatic heterocycles. The standard InChI is InChI=1S/C27H31N5O5S2/c1-16-8-9-19(12-23(16)39(4,35)36)26(34)32-11-10-22(32)25(33)30-27-29-21(15-38-27)20-6-5-7-24(28-20)31-13-17(2)37-18(3)14-31/h5-9,12,15,17-18,22H,10-11,13-14H2,1-4H3,(H,29,30,33)/t17-,18+,22?. The molecule has 0 bridgehead atoms. The van der Waals surface area contributed by atoms with Crippen LogP contribution in [-0.4, -0.2) is 79.2 Å². The number of rotatable bonds is 6. The molecule has 206 valence electrons. The van der Waals surface area contributed by atoms with Crippen molar-refractivity contribution in [1.29, 1.82) is 0 Å². The molecule has 2 fully saturated rings. The van der Waals surface area contributed by atoms with Gasteiger partial charge < -0.3 is 19.9 Å². The second kappa shape index (κ2) is 10.7. The molecule has 1 N–H and O–H groups in total. The Kier molecular flexibility index (Phi) is 7.45. The van der Waals surface area contributed by atoms with Crippen LogP contribution in [0, 0.1) is 6.92 Å². The zero-order valence-electron chi connectivity index (χ0n) is 22.2. The van der Waals surface area contributed by atoms with E-state index in [0.717, 1.165) is 25.2 Å². The molecule has 39 heavy (non-hydrogen) atoms. The third kappa shape index (κ3) is 5.82. The minimum absolute atomic E-state index is 0.112. The number of hydrogen-bond acceptors (Lipinski definition) is 9. The van der Waals surface area contributed by atoms with Crippen molar-refractivity contribution in [3.8, 4) is 11.4 Å². The Morgan fingerprint density at radius 2 is 1.82 bits per heavy atom. The highest BCUT2D eigenvalue weighted by Crippen LogP contribution is 2.29. The van der Waals surface area contributed by atoms with E-state index < -0.39 is 15.9 Å². The first-order valence-electron chi connectivity index (χ1n) is 12.8. The monoisotopic (exact) mass is 569 g/mol. The van der Waals surface area contributed by atoms with Crippen molar-refractivity contribution < 1.29 is 22.7 Å². The maximum atomic E-state index is 13.1. The summed E-state index contributed by atoms with van der Waals surface area (Å²) in [6.45, 7) is 7.71. The van der Waals surface area contributed by atoms with E-state index in [9.17, 15) is 18.0 Å². The van der Waals surface area contributed by atoms with Gasteiger partial charge in [0.25, 0.3) is 5.91 Å². The summed E-state index contributed by atoms with van der Waals surface area (Å²) in [5, 5.41) is 5.09. The van der Waals surface area contributed by atoms with Crippen LogP contribution in [0.3, 0.4) is 0 Å². The van der Waals surface area contributed by atoms with Gasteiger partial charge >= 0.3 is 0 Å². The third-order valence-electron chi connectivity index (χ3n) is 6.89. The molecule has 0 spiro atoms. The number of aromatic nitrogens is 2. The zero-order valence-corrected chi connectivity index (χ0v) is 23.9. The largest absolute Gasteiger partial charge is 0.372 e. The van der Waals surface area contributed by atoms with Gasteiger partial charge in [-0.15, -0.1) is 11.3 Å². The first-order chi connectivity index (χ1) is 18.5. The highest BCUT2D eigenvalue weighted by Gasteiger charge is 2.38. The smallest absolute Gasteiger partial charge is 0.254 e. The molecule has 2 saturated heterocycles. The summed E-state index contributed by atoms with van der Waals surface area (Å²) in [4.78, 5) is 39.2. The predicted octanol–water partition coefficient (Wildman–Crippen LogP) is 3.38. The molecule has 3 atom stereocenters. The van der Waals surface area contributed by atoms with E-state index in [1.807, 2.05) is 37.4 Å². The van der Waals surface area contributed by atoms with Crippen LogP contribution in [0.2, 0.25) is 0 Å². The van der Waals surface area contributed by atoms with Crippen LogP contribution in [0.5, 0.6) is 0 Å². The van der Waals surface area contributed by atoms with Crippen molar-refractivity contribution >= 4 is 43.9 Å². The Bertz CT molecular complexity index is 1510. The van der Waals surface area contributed by atoms with Crippen LogP contribution >= 0.6 is 11.3 Å². The third-order valence-corrected chi connectivity index (χ3v) is 8.89. The second-order valence-electron chi connectivity index (χ2n) is 10.1. The van der Waals surface area contributed by atoms with Crippen molar-refractivity contribution in [2.75, 3.05) is 36.1 Å². The number of aryl methyl sites for hydroxylation is 1. The van der Waals surface area contributed by atoms with Crippen LogP contribution < -0.4 is 10.2 Å². The fourth-order valence-corrected chi connectivity index (χ4v) is 6.65. The SMILES string of the molecule is Cc1ccc(C(=O)N2CCC2C(=O)Nc2nc(-c3cccc(N4C[C@@H](C)O[C@@H](C)C4)n3)cs2)cc1S(C)(=O)=O. The molecule has 0 radical (unpaired) electrons. The quantitative estimate of drug-likeness (QED) is 0.480. The number of nitrogens with one attached hydrogen (secondary N) is 1. The second-order valence-corrected chi connectivity index (χ2v) is 13.0. The number of morpholine rings is 1. The van der Waals surface area contributed by atoms with Gasteiger partial charge in [-0.2, -0.15) is 0 Å². The number of amides is 2. The molecule has 2 aliphatic rings. The van der Waals surface area contributed by atoms with Crippen molar-refractivity contribution in [2.45, 2.75) is 50.3 Å². The molecule has 5 rings (SSSR count). The molecule has 2 amide bonds. The molecule has 1 aromatic carbocycles. The number of benzene rings is 1. The van der Waals surface area contributed by atoms with Crippen molar-refractivity contribution in [3.63, 3.8) is 0 Å². The molecule has 0 aliphatic carbocycles. The summed E-state index contributed by atoms with van der Waals surface area (Å²) in [7, 11) is -3.48. The Hall–Kier alpha value is -3.35. The van der Waals surface area contributed by atoms with Crippen molar-refractivity contribution in [1.82, 2.24) is 14.9 Å². The maximum absolute atomic E-state index is 13.1. The highest BCUT2D eigenvalue weighted by atomic mass is 32.2. The van der Waals surface area contributed by atoms with E-state index in [4.69, 9.17) is 9.72 Å². The Morgan fingerprint density at radius 1 is 1.08 bits per heavy atom. The lowest BCUT2D eigenvalue weighted by atomic mass is 10.00. The van der Waals surface area contributed by atoms with Gasteiger partial charge in [-0.25, -0.2) is 18.4 Å². The molecular weight excluding hydrogens is 538 g/mol. The number of ether oxygens (including phenoxy) is 1. The minimum atomic E-state index is -3.48. The van der Waals surface area contributed by atoms with Gasteiger partial charge in [-0.05, 0) is 57.0 Å². The molecular formula is C27H31N5O5S2. The van der Waals surface area contributed by atoms with Crippen LogP contribution in [0.15, 0.2) is 46.7 Å². The van der Waals surface area contributed by atoms with Crippen LogP contribution in [0.1, 0.15) is 36.2 Å². The molecule has 4 heterocycles. The average Bonchev–Trinajstić information content (AvgIpc) is 3.30. The van der Waals surface area contributed by atoms with E-state index in [2.05, 4.69) is 15.2 Å². The van der Waals surface area contributed by atoms with Gasteiger partial charge in [0, 0.05) is 36.8 Å². The van der Waals surface area contributed by atoms with Gasteiger partial charge in [0.1, 0.15) is 17.6 Å². The lowest BCUT2D eigenvalue weighted by Gasteiger charge is -2.39. The predicted molar refractivity (Wildman–Crippen MR) is 150 cm³/mol. The van der Waals surface area contributed by atoms with Gasteiger partial charge in [0.15, 0.2) is 15.0 Å². The van der Waals surface area contributed by atoms with E-state index in [0.29, 0.717) is 35.0 Å². The molecule has 1 unspecified atom stereocenters. The summed E-state index contributed by atoms with van der Waals surface area (Å²) in [6, 6.07) is 9.73. The van der Waals surface area contributed by atoms with Crippen molar-refractivity contribution in [2.24, 2.45) is 0 Å². The summed E-state index contributed by atoms with van der Waals surface area (Å²) in [6.07, 6.45) is 1.86. The normalized spacial score (nSPS) is 21.4. The average molecular weight is 570 g/mol. The van der Waals surface area contributed by atoms with Crippen molar-refractivity contribution in [3.05, 3.63) is 52.9 Å². The number of carbonyl (C=O) groups is 2. The lowest BCUT2D eigenvalue weighted by Crippen LogP contribution is -2.56. The van der Waals surface area contributed by atoms with E-state index >= 15 is 0 Å². The summed E-state index contributed by atoms with van der Waals surface area (Å²) in [5.74, 6) is 0.148. The number of anilines is 2. The minimum Gasteiger partial charge on any atom is -0.372 e. The number of thiazole rings is 1. The van der Waals surface area contributed by atoms with E-state index in [1.54, 1.807) is 19.1 Å². The number of likely N-dealkylation sites (tertiary alicyclic amines) is 1. The van der Waals surface area contributed by atoms with Crippen LogP contribution in [-0.2, 0) is 19.4 Å². The number of carbonyl (C=O) groups excluding carboxylic acids is 2. The van der Waals surface area contributed by atoms with Gasteiger partial charge in [0.2, 0.25) is 5.91 Å². The zero-order chi connectivity index (χ0) is 27.9. The van der Waals surface area contributed by atoms with Gasteiger partial charge in [-0.1, -0.05) is 12.1 Å². The molecule has 3 aromatic rings. The lowest BCUT2D eigenvalue weighted by molar-refractivity contribution is -0.123. The summed E-state index contributed by atoms with van der Waals surface area (Å²) >= 11 is 1.29. The highest BCUT2D eigenvalue weighted by molar-refractivity contribution is 7.90. The van der Waals surface area contributed by atoms with Crippen LogP contribution in [0.4, 0.5) is 10.9 Å². The topological polar surface area (TPSA) is 122 Å². The van der Waals surface area contributed by atoms with Gasteiger partial charge in [-0.3, -0.25) is 9.59 Å². The van der Waals surface area contributed by atoms with E-state index in [1.165, 1.54) is 22.3 Å². The molecule has 0 saturated carbocycles. The summed E-state index contributed by atoms with van der Waals surface area (Å²) < 4.78 is 30.0. The first-order valence-corrected chi connectivity index (χ1v) is 15.5. The Balaban J connectivity index is 1.26. The fraction of sp³-hybridized carbons (Fsp3) is 0.407. The van der Waals surface area contributed by atoms with Crippen LogP contribution in [0.25, 0.3) is 11.4 Å².